The lowest BCUT2D eigenvalue weighted by molar-refractivity contribution is -0.143. The number of piperidine rings is 1. The van der Waals surface area contributed by atoms with Crippen LogP contribution in [0.3, 0.4) is 0 Å². The van der Waals surface area contributed by atoms with Crippen molar-refractivity contribution in [3.8, 4) is 0 Å². The molecule has 1 N–H and O–H groups in total. The number of halogens is 3. The van der Waals surface area contributed by atoms with Crippen LogP contribution in [-0.4, -0.2) is 17.6 Å². The van der Waals surface area contributed by atoms with E-state index in [1.807, 2.05) is 12.1 Å². The van der Waals surface area contributed by atoms with Gasteiger partial charge in [0.15, 0.2) is 0 Å². The zero-order valence-electron chi connectivity index (χ0n) is 17.5. The molecular weight excluding hydrogens is 391 g/mol. The van der Waals surface area contributed by atoms with Gasteiger partial charge in [-0.3, -0.25) is 4.79 Å². The molecule has 1 aliphatic rings. The molecule has 1 saturated heterocycles. The summed E-state index contributed by atoms with van der Waals surface area (Å²) in [7, 11) is 0. The number of carboxylic acids is 1. The Hall–Kier alpha value is -2.50. The number of rotatable bonds is 5. The first-order valence-corrected chi connectivity index (χ1v) is 10.3. The highest BCUT2D eigenvalue weighted by Crippen LogP contribution is 2.41. The average Bonchev–Trinajstić information content (AvgIpc) is 2.72. The highest BCUT2D eigenvalue weighted by Gasteiger charge is 2.36. The second kappa shape index (κ2) is 8.70. The normalized spacial score (nSPS) is 21.0. The minimum Gasteiger partial charge on any atom is -0.481 e. The van der Waals surface area contributed by atoms with Gasteiger partial charge in [0.05, 0.1) is 17.5 Å². The van der Waals surface area contributed by atoms with Gasteiger partial charge in [0.1, 0.15) is 0 Å². The Bertz CT molecular complexity index is 860. The summed E-state index contributed by atoms with van der Waals surface area (Å²) in [5.41, 5.74) is 2.33. The summed E-state index contributed by atoms with van der Waals surface area (Å²) in [5, 5.41) is 9.44. The topological polar surface area (TPSA) is 40.5 Å². The Labute approximate surface area is 175 Å². The third-order valence-corrected chi connectivity index (χ3v) is 6.25. The van der Waals surface area contributed by atoms with Crippen molar-refractivity contribution in [2.24, 2.45) is 11.8 Å². The van der Waals surface area contributed by atoms with Crippen LogP contribution in [0.1, 0.15) is 62.3 Å². The van der Waals surface area contributed by atoms with Crippen LogP contribution in [0.25, 0.3) is 0 Å². The molecule has 0 aliphatic carbocycles. The van der Waals surface area contributed by atoms with Crippen molar-refractivity contribution in [2.45, 2.75) is 51.7 Å². The maximum atomic E-state index is 13.0. The number of aliphatic carboxylic acids is 1. The molecule has 6 heteroatoms. The zero-order valence-corrected chi connectivity index (χ0v) is 17.5. The van der Waals surface area contributed by atoms with Gasteiger partial charge in [0.2, 0.25) is 0 Å². The smallest absolute Gasteiger partial charge is 0.416 e. The zero-order chi connectivity index (χ0) is 22.1. The Balaban J connectivity index is 1.93. The van der Waals surface area contributed by atoms with Crippen LogP contribution < -0.4 is 4.90 Å². The van der Waals surface area contributed by atoms with Gasteiger partial charge in [-0.15, -0.1) is 0 Å². The van der Waals surface area contributed by atoms with Crippen molar-refractivity contribution in [3.63, 3.8) is 0 Å². The predicted molar refractivity (Wildman–Crippen MR) is 112 cm³/mol. The van der Waals surface area contributed by atoms with Gasteiger partial charge < -0.3 is 10.0 Å². The molecule has 0 bridgehead atoms. The van der Waals surface area contributed by atoms with Crippen LogP contribution in [0.5, 0.6) is 0 Å². The quantitative estimate of drug-likeness (QED) is 0.601. The molecule has 2 aromatic carbocycles. The van der Waals surface area contributed by atoms with E-state index in [4.69, 9.17) is 0 Å². The monoisotopic (exact) mass is 419 g/mol. The standard InChI is InChI=1S/C24H28F3NO2/c1-15(2)17-6-10-21(11-7-17)28-13-12-19(16(3)23(29)30)14-22(28)18-4-8-20(9-5-18)24(25,26)27/h4-11,15-16,19,22H,12-14H2,1-3H3,(H,29,30)/t16?,19?,22-/m1/s1. The molecule has 0 spiro atoms. The van der Waals surface area contributed by atoms with Crippen molar-refractivity contribution in [3.05, 3.63) is 65.2 Å². The SMILES string of the molecule is CC(C)c1ccc(N2CCC(C(C)C(=O)O)C[C@@H]2c2ccc(C(F)(F)F)cc2)cc1. The van der Waals surface area contributed by atoms with Crippen LogP contribution in [0.2, 0.25) is 0 Å². The summed E-state index contributed by atoms with van der Waals surface area (Å²) in [5.74, 6) is -0.943. The van der Waals surface area contributed by atoms with E-state index < -0.39 is 23.6 Å². The van der Waals surface area contributed by atoms with Crippen molar-refractivity contribution in [2.75, 3.05) is 11.4 Å². The van der Waals surface area contributed by atoms with Crippen LogP contribution in [0.15, 0.2) is 48.5 Å². The molecule has 3 atom stereocenters. The number of carbonyl (C=O) groups is 1. The lowest BCUT2D eigenvalue weighted by Crippen LogP contribution is -2.40. The predicted octanol–water partition coefficient (Wildman–Crippen LogP) is 6.51. The van der Waals surface area contributed by atoms with E-state index in [1.54, 1.807) is 6.92 Å². The molecule has 0 radical (unpaired) electrons. The first kappa shape index (κ1) is 22.2. The lowest BCUT2D eigenvalue weighted by atomic mass is 9.79. The van der Waals surface area contributed by atoms with Gasteiger partial charge in [-0.25, -0.2) is 0 Å². The summed E-state index contributed by atoms with van der Waals surface area (Å²) in [4.78, 5) is 13.7. The Kier molecular flexibility index (Phi) is 6.44. The van der Waals surface area contributed by atoms with Crippen LogP contribution in [0, 0.1) is 11.8 Å². The van der Waals surface area contributed by atoms with Gasteiger partial charge in [-0.05, 0) is 60.1 Å². The van der Waals surface area contributed by atoms with E-state index in [0.29, 0.717) is 18.9 Å². The number of hydrogen-bond acceptors (Lipinski definition) is 2. The molecule has 3 nitrogen and oxygen atoms in total. The van der Waals surface area contributed by atoms with Crippen molar-refractivity contribution in [1.29, 1.82) is 0 Å². The maximum Gasteiger partial charge on any atom is 0.416 e. The van der Waals surface area contributed by atoms with E-state index in [2.05, 4.69) is 30.9 Å². The van der Waals surface area contributed by atoms with Crippen molar-refractivity contribution < 1.29 is 23.1 Å². The lowest BCUT2D eigenvalue weighted by Gasteiger charge is -2.42. The third kappa shape index (κ3) is 4.79. The molecule has 1 heterocycles. The van der Waals surface area contributed by atoms with Crippen molar-refractivity contribution in [1.82, 2.24) is 0 Å². The van der Waals surface area contributed by atoms with Crippen LogP contribution in [0.4, 0.5) is 18.9 Å². The summed E-state index contributed by atoms with van der Waals surface area (Å²) >= 11 is 0. The van der Waals surface area contributed by atoms with Gasteiger partial charge in [0, 0.05) is 12.2 Å². The summed E-state index contributed by atoms with van der Waals surface area (Å²) in [6.45, 7) is 6.62. The van der Waals surface area contributed by atoms with Gasteiger partial charge in [-0.1, -0.05) is 45.0 Å². The first-order chi connectivity index (χ1) is 14.1. The maximum absolute atomic E-state index is 13.0. The second-order valence-electron chi connectivity index (χ2n) is 8.49. The molecule has 3 rings (SSSR count). The molecule has 2 aromatic rings. The van der Waals surface area contributed by atoms with Crippen LogP contribution >= 0.6 is 0 Å². The number of alkyl halides is 3. The molecule has 30 heavy (non-hydrogen) atoms. The van der Waals surface area contributed by atoms with Crippen LogP contribution in [-0.2, 0) is 11.0 Å². The Morgan fingerprint density at radius 2 is 1.63 bits per heavy atom. The average molecular weight is 419 g/mol. The Morgan fingerprint density at radius 1 is 1.03 bits per heavy atom. The van der Waals surface area contributed by atoms with Gasteiger partial charge >= 0.3 is 12.1 Å². The minimum absolute atomic E-state index is 0.0269. The van der Waals surface area contributed by atoms with E-state index in [-0.39, 0.29) is 12.0 Å². The fraction of sp³-hybridized carbons (Fsp3) is 0.458. The summed E-state index contributed by atoms with van der Waals surface area (Å²) in [6.07, 6.45) is -3.06. The van der Waals surface area contributed by atoms with E-state index in [1.165, 1.54) is 17.7 Å². The highest BCUT2D eigenvalue weighted by molar-refractivity contribution is 5.70. The largest absolute Gasteiger partial charge is 0.481 e. The fourth-order valence-corrected chi connectivity index (χ4v) is 4.22. The third-order valence-electron chi connectivity index (χ3n) is 6.25. The molecule has 1 aliphatic heterocycles. The first-order valence-electron chi connectivity index (χ1n) is 10.3. The highest BCUT2D eigenvalue weighted by atomic mass is 19.4. The van der Waals surface area contributed by atoms with E-state index >= 15 is 0 Å². The Morgan fingerprint density at radius 3 is 2.13 bits per heavy atom. The van der Waals surface area contributed by atoms with E-state index in [9.17, 15) is 23.1 Å². The molecule has 0 saturated carbocycles. The van der Waals surface area contributed by atoms with Crippen molar-refractivity contribution >= 4 is 11.7 Å². The molecule has 0 aromatic heterocycles. The molecular formula is C24H28F3NO2. The fourth-order valence-electron chi connectivity index (χ4n) is 4.22. The number of carboxylic acid groups (broad SMARTS) is 1. The molecule has 162 valence electrons. The summed E-state index contributed by atoms with van der Waals surface area (Å²) < 4.78 is 39.0. The van der Waals surface area contributed by atoms with Gasteiger partial charge in [-0.2, -0.15) is 13.2 Å². The number of hydrogen-bond donors (Lipinski definition) is 1. The molecule has 1 fully saturated rings. The number of nitrogens with zero attached hydrogens (tertiary/aromatic N) is 1. The van der Waals surface area contributed by atoms with Gasteiger partial charge in [0.25, 0.3) is 0 Å². The molecule has 0 amide bonds. The minimum atomic E-state index is -4.38. The van der Waals surface area contributed by atoms with E-state index in [0.717, 1.165) is 29.8 Å². The number of anilines is 1. The number of benzene rings is 2. The second-order valence-corrected chi connectivity index (χ2v) is 8.49. The molecule has 2 unspecified atom stereocenters. The summed E-state index contributed by atoms with van der Waals surface area (Å²) in [6, 6.07) is 13.4.